The van der Waals surface area contributed by atoms with Crippen LogP contribution in [0.3, 0.4) is 0 Å². The minimum absolute atomic E-state index is 0.534. The van der Waals surface area contributed by atoms with Crippen LogP contribution in [0.1, 0.15) is 0 Å². The predicted molar refractivity (Wildman–Crippen MR) is 54.5 cm³/mol. The zero-order chi connectivity index (χ0) is 10.1. The van der Waals surface area contributed by atoms with Crippen molar-refractivity contribution in [2.45, 2.75) is 0 Å². The van der Waals surface area contributed by atoms with Crippen molar-refractivity contribution in [3.05, 3.63) is 43.1 Å². The van der Waals surface area contributed by atoms with E-state index in [4.69, 9.17) is 0 Å². The molecule has 0 atom stereocenters. The van der Waals surface area contributed by atoms with Crippen LogP contribution in [-0.2, 0) is 0 Å². The van der Waals surface area contributed by atoms with Crippen LogP contribution in [0.5, 0.6) is 0 Å². The minimum atomic E-state index is 0.534. The molecule has 5 heteroatoms. The number of aromatic nitrogens is 5. The lowest BCUT2D eigenvalue weighted by Gasteiger charge is -1.98. The first-order valence-electron chi connectivity index (χ1n) is 4.50. The first-order chi connectivity index (χ1) is 7.45. The summed E-state index contributed by atoms with van der Waals surface area (Å²) in [7, 11) is 0. The Balaban J connectivity index is 2.28. The maximum absolute atomic E-state index is 4.23. The van der Waals surface area contributed by atoms with Crippen molar-refractivity contribution < 1.29 is 0 Å². The summed E-state index contributed by atoms with van der Waals surface area (Å²) in [4.78, 5) is 11.9. The molecular formula is C10H7N5. The van der Waals surface area contributed by atoms with E-state index in [1.165, 1.54) is 12.7 Å². The Kier molecular flexibility index (Phi) is 1.68. The van der Waals surface area contributed by atoms with E-state index in [9.17, 15) is 0 Å². The van der Waals surface area contributed by atoms with Gasteiger partial charge in [0.15, 0.2) is 0 Å². The van der Waals surface area contributed by atoms with Crippen molar-refractivity contribution in [1.29, 1.82) is 0 Å². The third-order valence-electron chi connectivity index (χ3n) is 2.15. The molecule has 3 rings (SSSR count). The molecule has 2 aromatic heterocycles. The predicted octanol–water partition coefficient (Wildman–Crippen LogP) is 1.21. The van der Waals surface area contributed by atoms with Gasteiger partial charge >= 0.3 is 0 Å². The van der Waals surface area contributed by atoms with Gasteiger partial charge in [-0.3, -0.25) is 0 Å². The Morgan fingerprint density at radius 1 is 1.00 bits per heavy atom. The highest BCUT2D eigenvalue weighted by Crippen LogP contribution is 2.14. The van der Waals surface area contributed by atoms with Gasteiger partial charge in [-0.2, -0.15) is 19.7 Å². The Bertz CT molecular complexity index is 587. The third-order valence-corrected chi connectivity index (χ3v) is 2.15. The van der Waals surface area contributed by atoms with Gasteiger partial charge in [-0.15, -0.1) is 0 Å². The largest absolute Gasteiger partial charge is 0.254 e. The summed E-state index contributed by atoms with van der Waals surface area (Å²) >= 11 is 0. The Labute approximate surface area is 85.4 Å². The molecule has 0 aliphatic heterocycles. The molecule has 3 aromatic rings. The maximum atomic E-state index is 4.23. The molecule has 2 heterocycles. The molecule has 0 saturated carbocycles. The summed E-state index contributed by atoms with van der Waals surface area (Å²) in [6.45, 7) is 0. The van der Waals surface area contributed by atoms with E-state index in [0.29, 0.717) is 5.95 Å². The molecule has 0 amide bonds. The van der Waals surface area contributed by atoms with Gasteiger partial charge in [0.2, 0.25) is 0 Å². The van der Waals surface area contributed by atoms with Gasteiger partial charge in [-0.1, -0.05) is 18.2 Å². The van der Waals surface area contributed by atoms with Gasteiger partial charge in [0.05, 0.1) is 11.7 Å². The lowest BCUT2D eigenvalue weighted by atomic mass is 10.3. The summed E-state index contributed by atoms with van der Waals surface area (Å²) in [6, 6.07) is 7.91. The van der Waals surface area contributed by atoms with Crippen LogP contribution in [0.15, 0.2) is 43.1 Å². The molecule has 0 radical (unpaired) electrons. The van der Waals surface area contributed by atoms with Crippen LogP contribution in [0, 0.1) is 0 Å². The molecule has 0 fully saturated rings. The lowest BCUT2D eigenvalue weighted by Crippen LogP contribution is -2.01. The molecule has 0 bridgehead atoms. The van der Waals surface area contributed by atoms with E-state index in [1.807, 2.05) is 24.3 Å². The number of hydrogen-bond acceptors (Lipinski definition) is 4. The summed E-state index contributed by atoms with van der Waals surface area (Å²) in [5, 5.41) is 5.30. The second-order valence-corrected chi connectivity index (χ2v) is 3.05. The molecular weight excluding hydrogens is 190 g/mol. The van der Waals surface area contributed by atoms with Crippen LogP contribution < -0.4 is 0 Å². The van der Waals surface area contributed by atoms with E-state index in [1.54, 1.807) is 10.9 Å². The molecule has 0 N–H and O–H groups in total. The average Bonchev–Trinajstić information content (AvgIpc) is 2.74. The van der Waals surface area contributed by atoms with E-state index < -0.39 is 0 Å². The molecule has 72 valence electrons. The quantitative estimate of drug-likeness (QED) is 0.588. The van der Waals surface area contributed by atoms with Gasteiger partial charge in [0, 0.05) is 5.39 Å². The van der Waals surface area contributed by atoms with Gasteiger partial charge in [0.25, 0.3) is 5.95 Å². The number of rotatable bonds is 1. The monoisotopic (exact) mass is 197 g/mol. The first kappa shape index (κ1) is 8.05. The number of fused-ring (bicyclic) bond motifs is 1. The summed E-state index contributed by atoms with van der Waals surface area (Å²) in [6.07, 6.45) is 4.71. The molecule has 0 unspecified atom stereocenters. The first-order valence-corrected chi connectivity index (χ1v) is 4.50. The fourth-order valence-electron chi connectivity index (χ4n) is 1.47. The Morgan fingerprint density at radius 2 is 1.80 bits per heavy atom. The Morgan fingerprint density at radius 3 is 2.67 bits per heavy atom. The summed E-state index contributed by atoms with van der Waals surface area (Å²) in [5.41, 5.74) is 0.990. The molecule has 0 aliphatic carbocycles. The van der Waals surface area contributed by atoms with Gasteiger partial charge in [-0.05, 0) is 6.07 Å². The SMILES string of the molecule is c1ccc2c(c1)cnn2-c1ncncn1. The van der Waals surface area contributed by atoms with Crippen LogP contribution in [-0.4, -0.2) is 24.7 Å². The summed E-state index contributed by atoms with van der Waals surface area (Å²) in [5.74, 6) is 0.534. The van der Waals surface area contributed by atoms with Crippen molar-refractivity contribution in [3.8, 4) is 5.95 Å². The number of hydrogen-bond donors (Lipinski definition) is 0. The maximum Gasteiger partial charge on any atom is 0.254 e. The van der Waals surface area contributed by atoms with Crippen molar-refractivity contribution in [1.82, 2.24) is 24.7 Å². The molecule has 15 heavy (non-hydrogen) atoms. The highest BCUT2D eigenvalue weighted by Gasteiger charge is 2.04. The van der Waals surface area contributed by atoms with Crippen molar-refractivity contribution in [2.24, 2.45) is 0 Å². The summed E-state index contributed by atoms with van der Waals surface area (Å²) < 4.78 is 1.69. The van der Waals surface area contributed by atoms with E-state index >= 15 is 0 Å². The van der Waals surface area contributed by atoms with Gasteiger partial charge < -0.3 is 0 Å². The van der Waals surface area contributed by atoms with Crippen molar-refractivity contribution >= 4 is 10.9 Å². The van der Waals surface area contributed by atoms with E-state index in [2.05, 4.69) is 20.1 Å². The molecule has 0 spiro atoms. The van der Waals surface area contributed by atoms with Crippen molar-refractivity contribution in [2.75, 3.05) is 0 Å². The normalized spacial score (nSPS) is 10.7. The third kappa shape index (κ3) is 1.25. The second-order valence-electron chi connectivity index (χ2n) is 3.05. The lowest BCUT2D eigenvalue weighted by molar-refractivity contribution is 0.817. The fourth-order valence-corrected chi connectivity index (χ4v) is 1.47. The van der Waals surface area contributed by atoms with Gasteiger partial charge in [-0.25, -0.2) is 4.98 Å². The minimum Gasteiger partial charge on any atom is -0.225 e. The molecule has 5 nitrogen and oxygen atoms in total. The highest BCUT2D eigenvalue weighted by atomic mass is 15.3. The smallest absolute Gasteiger partial charge is 0.225 e. The molecule has 0 saturated heterocycles. The number of nitrogens with zero attached hydrogens (tertiary/aromatic N) is 5. The van der Waals surface area contributed by atoms with Crippen LogP contribution in [0.4, 0.5) is 0 Å². The topological polar surface area (TPSA) is 56.5 Å². The van der Waals surface area contributed by atoms with Gasteiger partial charge in [0.1, 0.15) is 12.7 Å². The van der Waals surface area contributed by atoms with E-state index in [-0.39, 0.29) is 0 Å². The Hall–Kier alpha value is -2.30. The average molecular weight is 197 g/mol. The fraction of sp³-hybridized carbons (Fsp3) is 0. The molecule has 0 aliphatic rings. The van der Waals surface area contributed by atoms with Crippen LogP contribution in [0.25, 0.3) is 16.9 Å². The molecule has 1 aromatic carbocycles. The highest BCUT2D eigenvalue weighted by molar-refractivity contribution is 5.79. The van der Waals surface area contributed by atoms with E-state index in [0.717, 1.165) is 10.9 Å². The van der Waals surface area contributed by atoms with Crippen LogP contribution in [0.2, 0.25) is 0 Å². The zero-order valence-corrected chi connectivity index (χ0v) is 7.78. The van der Waals surface area contributed by atoms with Crippen LogP contribution >= 0.6 is 0 Å². The second kappa shape index (κ2) is 3.13. The standard InChI is InChI=1S/C10H7N5/c1-2-4-9-8(3-1)5-14-15(9)10-12-6-11-7-13-10/h1-7H. The number of para-hydroxylation sites is 1. The van der Waals surface area contributed by atoms with Crippen molar-refractivity contribution in [3.63, 3.8) is 0 Å². The number of benzene rings is 1. The zero-order valence-electron chi connectivity index (χ0n) is 7.78.